The van der Waals surface area contributed by atoms with Gasteiger partial charge in [0.15, 0.2) is 6.10 Å². The molecule has 0 heterocycles. The predicted octanol–water partition coefficient (Wildman–Crippen LogP) is 23.9. The fourth-order valence-electron chi connectivity index (χ4n) is 9.66. The fourth-order valence-corrected chi connectivity index (χ4v) is 9.66. The van der Waals surface area contributed by atoms with Crippen LogP contribution in [0.4, 0.5) is 0 Å². The van der Waals surface area contributed by atoms with Crippen molar-refractivity contribution in [3.8, 4) is 0 Å². The maximum atomic E-state index is 12.9. The van der Waals surface area contributed by atoms with Crippen LogP contribution in [0.25, 0.3) is 0 Å². The van der Waals surface area contributed by atoms with Crippen molar-refractivity contribution in [2.45, 2.75) is 329 Å². The molecule has 0 saturated carbocycles. The van der Waals surface area contributed by atoms with Crippen LogP contribution in [0.5, 0.6) is 0 Å². The molecule has 0 fully saturated rings. The second-order valence-electron chi connectivity index (χ2n) is 22.7. The van der Waals surface area contributed by atoms with Gasteiger partial charge in [-0.2, -0.15) is 0 Å². The molecule has 1 unspecified atom stereocenters. The molecular formula is C76H128O6. The van der Waals surface area contributed by atoms with Gasteiger partial charge in [0, 0.05) is 12.8 Å². The summed E-state index contributed by atoms with van der Waals surface area (Å²) in [5, 5.41) is 0. The van der Waals surface area contributed by atoms with E-state index in [1.165, 1.54) is 180 Å². The van der Waals surface area contributed by atoms with Gasteiger partial charge in [-0.15, -0.1) is 0 Å². The van der Waals surface area contributed by atoms with Gasteiger partial charge >= 0.3 is 17.9 Å². The number of rotatable bonds is 62. The molecule has 0 aliphatic carbocycles. The van der Waals surface area contributed by atoms with Gasteiger partial charge < -0.3 is 14.2 Å². The fraction of sp³-hybridized carbons (Fsp3) is 0.697. The molecule has 0 N–H and O–H groups in total. The molecule has 0 radical (unpaired) electrons. The van der Waals surface area contributed by atoms with E-state index in [-0.39, 0.29) is 31.6 Å². The Balaban J connectivity index is 4.37. The molecule has 0 bridgehead atoms. The average Bonchev–Trinajstić information content (AvgIpc) is 3.47. The van der Waals surface area contributed by atoms with Crippen molar-refractivity contribution < 1.29 is 28.6 Å². The third kappa shape index (κ3) is 66.6. The van der Waals surface area contributed by atoms with Crippen molar-refractivity contribution in [1.82, 2.24) is 0 Å². The minimum atomic E-state index is -0.822. The van der Waals surface area contributed by atoms with Gasteiger partial charge in [-0.25, -0.2) is 0 Å². The van der Waals surface area contributed by atoms with E-state index >= 15 is 0 Å². The number of esters is 3. The monoisotopic (exact) mass is 1140 g/mol. The van der Waals surface area contributed by atoms with E-state index in [1.807, 2.05) is 6.08 Å². The SMILES string of the molecule is CC/C=C\C/C=C\C/C=C\C/C=C\C/C=C\CCCCCCCCCCCCCC(=O)OCC(COC(=O)C/C=C\C/C=C\C/C=C\C/C=C\C/C=C\CC)OC(=O)CCCCCCCCCCCCCCCCCCCCCCCC. The van der Waals surface area contributed by atoms with Gasteiger partial charge in [0.25, 0.3) is 0 Å². The summed E-state index contributed by atoms with van der Waals surface area (Å²) in [5.74, 6) is -1.03. The normalized spacial score (nSPS) is 12.9. The van der Waals surface area contributed by atoms with Crippen molar-refractivity contribution >= 4 is 17.9 Å². The molecule has 82 heavy (non-hydrogen) atoms. The van der Waals surface area contributed by atoms with Gasteiger partial charge in [0.1, 0.15) is 13.2 Å². The summed E-state index contributed by atoms with van der Waals surface area (Å²) >= 11 is 0. The molecule has 0 spiro atoms. The van der Waals surface area contributed by atoms with Crippen LogP contribution in [-0.4, -0.2) is 37.2 Å². The third-order valence-electron chi connectivity index (χ3n) is 14.7. The van der Waals surface area contributed by atoms with Crippen molar-refractivity contribution in [3.05, 3.63) is 122 Å². The van der Waals surface area contributed by atoms with Gasteiger partial charge in [0.2, 0.25) is 0 Å². The Morgan fingerprint density at radius 3 is 0.854 bits per heavy atom. The van der Waals surface area contributed by atoms with Crippen LogP contribution in [0.1, 0.15) is 323 Å². The highest BCUT2D eigenvalue weighted by atomic mass is 16.6. The molecule has 6 nitrogen and oxygen atoms in total. The number of ether oxygens (including phenoxy) is 3. The van der Waals surface area contributed by atoms with Crippen LogP contribution in [0.2, 0.25) is 0 Å². The molecule has 0 aliphatic rings. The zero-order valence-corrected chi connectivity index (χ0v) is 53.7. The largest absolute Gasteiger partial charge is 0.462 e. The first kappa shape index (κ1) is 77.8. The minimum Gasteiger partial charge on any atom is -0.462 e. The maximum Gasteiger partial charge on any atom is 0.309 e. The lowest BCUT2D eigenvalue weighted by Crippen LogP contribution is -2.30. The van der Waals surface area contributed by atoms with Gasteiger partial charge in [-0.1, -0.05) is 335 Å². The highest BCUT2D eigenvalue weighted by molar-refractivity contribution is 5.72. The Hall–Kier alpha value is -4.19. The van der Waals surface area contributed by atoms with Crippen LogP contribution >= 0.6 is 0 Å². The Morgan fingerprint density at radius 1 is 0.268 bits per heavy atom. The molecule has 0 saturated heterocycles. The molecule has 1 atom stereocenters. The van der Waals surface area contributed by atoms with Crippen molar-refractivity contribution in [1.29, 1.82) is 0 Å². The van der Waals surface area contributed by atoms with E-state index in [0.29, 0.717) is 12.8 Å². The molecule has 468 valence electrons. The second kappa shape index (κ2) is 69.3. The summed E-state index contributed by atoms with van der Waals surface area (Å²) in [7, 11) is 0. The summed E-state index contributed by atoms with van der Waals surface area (Å²) < 4.78 is 16.9. The Morgan fingerprint density at radius 2 is 0.524 bits per heavy atom. The summed E-state index contributed by atoms with van der Waals surface area (Å²) in [5.41, 5.74) is 0. The Bertz CT molecular complexity index is 1690. The number of unbranched alkanes of at least 4 members (excludes halogenated alkanes) is 32. The quantitative estimate of drug-likeness (QED) is 0.0261. The number of allylic oxidation sites excluding steroid dienone is 19. The van der Waals surface area contributed by atoms with E-state index in [4.69, 9.17) is 14.2 Å². The van der Waals surface area contributed by atoms with Crippen LogP contribution in [0.15, 0.2) is 122 Å². The lowest BCUT2D eigenvalue weighted by molar-refractivity contribution is -0.166. The first-order valence-electron chi connectivity index (χ1n) is 34.5. The zero-order chi connectivity index (χ0) is 59.2. The van der Waals surface area contributed by atoms with Crippen LogP contribution in [0.3, 0.4) is 0 Å². The number of carbonyl (C=O) groups is 3. The zero-order valence-electron chi connectivity index (χ0n) is 53.7. The van der Waals surface area contributed by atoms with E-state index in [1.54, 1.807) is 6.08 Å². The van der Waals surface area contributed by atoms with Gasteiger partial charge in [-0.05, 0) is 89.9 Å². The van der Waals surface area contributed by atoms with E-state index < -0.39 is 12.1 Å². The lowest BCUT2D eigenvalue weighted by Gasteiger charge is -2.18. The maximum absolute atomic E-state index is 12.9. The van der Waals surface area contributed by atoms with E-state index in [0.717, 1.165) is 103 Å². The predicted molar refractivity (Wildman–Crippen MR) is 357 cm³/mol. The highest BCUT2D eigenvalue weighted by Crippen LogP contribution is 2.17. The molecular weight excluding hydrogens is 1010 g/mol. The van der Waals surface area contributed by atoms with E-state index in [9.17, 15) is 14.4 Å². The van der Waals surface area contributed by atoms with Crippen LogP contribution in [-0.2, 0) is 28.6 Å². The third-order valence-corrected chi connectivity index (χ3v) is 14.7. The summed E-state index contributed by atoms with van der Waals surface area (Å²) in [6.45, 7) is 6.36. The smallest absolute Gasteiger partial charge is 0.309 e. The summed E-state index contributed by atoms with van der Waals surface area (Å²) in [6, 6.07) is 0. The topological polar surface area (TPSA) is 78.9 Å². The summed E-state index contributed by atoms with van der Waals surface area (Å²) in [6.07, 6.45) is 96.8. The van der Waals surface area contributed by atoms with Crippen molar-refractivity contribution in [3.63, 3.8) is 0 Å². The Kier molecular flexibility index (Phi) is 65.8. The molecule has 0 amide bonds. The molecule has 0 aromatic rings. The molecule has 0 aliphatic heterocycles. The number of hydrogen-bond donors (Lipinski definition) is 0. The highest BCUT2D eigenvalue weighted by Gasteiger charge is 2.19. The first-order valence-corrected chi connectivity index (χ1v) is 34.5. The standard InChI is InChI=1S/C76H128O6/c1-4-7-10-13-16-19-22-25-28-30-32-34-36-37-38-39-40-42-43-45-48-51-54-57-60-63-66-69-75(78)81-72-73(71-80-74(77)68-65-62-59-56-53-50-47-27-24-21-18-15-12-9-6-3)82-76(79)70-67-64-61-58-55-52-49-46-44-41-35-33-31-29-26-23-20-17-14-11-8-5-2/h7,9-10,12,16,18-19,21,25,27-28,32,34,37-38,47,53,56,62,65,73H,4-6,8,11,13-15,17,20,22-24,26,29-31,33,35-36,39-46,48-52,54-55,57-61,63-64,66-72H2,1-3H3/b10-7-,12-9-,19-16-,21-18-,28-25-,34-32-,38-37-,47-27-,56-53-,65-62-. The molecule has 0 aromatic carbocycles. The molecule has 6 heteroatoms. The van der Waals surface area contributed by atoms with Crippen LogP contribution < -0.4 is 0 Å². The number of hydrogen-bond acceptors (Lipinski definition) is 6. The average molecular weight is 1140 g/mol. The van der Waals surface area contributed by atoms with Gasteiger partial charge in [-0.3, -0.25) is 14.4 Å². The number of carbonyl (C=O) groups excluding carboxylic acids is 3. The van der Waals surface area contributed by atoms with E-state index in [2.05, 4.69) is 130 Å². The molecule has 0 rings (SSSR count). The minimum absolute atomic E-state index is 0.109. The van der Waals surface area contributed by atoms with Crippen molar-refractivity contribution in [2.24, 2.45) is 0 Å². The molecule has 0 aromatic heterocycles. The van der Waals surface area contributed by atoms with Crippen molar-refractivity contribution in [2.75, 3.05) is 13.2 Å². The second-order valence-corrected chi connectivity index (χ2v) is 22.7. The summed E-state index contributed by atoms with van der Waals surface area (Å²) in [4.78, 5) is 38.4. The van der Waals surface area contributed by atoms with Crippen LogP contribution in [0, 0.1) is 0 Å². The first-order chi connectivity index (χ1) is 40.5. The Labute approximate surface area is 507 Å². The lowest BCUT2D eigenvalue weighted by atomic mass is 10.0. The van der Waals surface area contributed by atoms with Gasteiger partial charge in [0.05, 0.1) is 6.42 Å².